The van der Waals surface area contributed by atoms with Gasteiger partial charge in [0.1, 0.15) is 0 Å². The molecule has 0 aromatic rings. The van der Waals surface area contributed by atoms with Gasteiger partial charge in [-0.2, -0.15) is 0 Å². The third-order valence-electron chi connectivity index (χ3n) is 2.78. The van der Waals surface area contributed by atoms with E-state index in [1.165, 1.54) is 0 Å². The fourth-order valence-corrected chi connectivity index (χ4v) is 1.88. The third-order valence-corrected chi connectivity index (χ3v) is 2.78. The molecule has 0 fully saturated rings. The molecule has 0 radical (unpaired) electrons. The molecule has 0 aromatic carbocycles. The number of aliphatic hydroxyl groups excluding tert-OH is 1. The molecule has 0 heterocycles. The molecule has 3 heteroatoms. The van der Waals surface area contributed by atoms with Gasteiger partial charge < -0.3 is 10.2 Å². The quantitative estimate of drug-likeness (QED) is 0.431. The summed E-state index contributed by atoms with van der Waals surface area (Å²) < 4.78 is 0. The number of aliphatic hydroxyl groups is 1. The molecule has 0 saturated heterocycles. The average molecular weight is 242 g/mol. The summed E-state index contributed by atoms with van der Waals surface area (Å²) in [6, 6.07) is 0. The van der Waals surface area contributed by atoms with Gasteiger partial charge in [-0.25, -0.2) is 0 Å². The molecule has 0 bridgehead atoms. The van der Waals surface area contributed by atoms with Crippen LogP contribution in [0, 0.1) is 5.92 Å². The lowest BCUT2D eigenvalue weighted by Crippen LogP contribution is -2.04. The first-order valence-corrected chi connectivity index (χ1v) is 6.70. The van der Waals surface area contributed by atoms with E-state index >= 15 is 0 Å². The fourth-order valence-electron chi connectivity index (χ4n) is 1.88. The minimum atomic E-state index is -0.712. The fraction of sp³-hybridized carbons (Fsp3) is 0.786. The predicted molar refractivity (Wildman–Crippen MR) is 70.0 cm³/mol. The number of hydrogen-bond donors (Lipinski definition) is 2. The van der Waals surface area contributed by atoms with Crippen molar-refractivity contribution < 1.29 is 15.0 Å². The van der Waals surface area contributed by atoms with Crippen molar-refractivity contribution in [3.63, 3.8) is 0 Å². The molecule has 100 valence electrons. The van der Waals surface area contributed by atoms with Crippen molar-refractivity contribution >= 4 is 5.97 Å². The Morgan fingerprint density at radius 1 is 1.24 bits per heavy atom. The van der Waals surface area contributed by atoms with Crippen molar-refractivity contribution in [2.45, 2.75) is 58.3 Å². The first-order chi connectivity index (χ1) is 8.20. The molecule has 0 aliphatic carbocycles. The second-order valence-corrected chi connectivity index (χ2v) is 4.50. The SMILES string of the molecule is CCCC(C=CCCCCCCO)CC(=O)O. The van der Waals surface area contributed by atoms with Gasteiger partial charge in [0.25, 0.3) is 0 Å². The molecule has 0 aliphatic rings. The monoisotopic (exact) mass is 242 g/mol. The van der Waals surface area contributed by atoms with E-state index in [-0.39, 0.29) is 18.9 Å². The van der Waals surface area contributed by atoms with Crippen molar-refractivity contribution in [3.8, 4) is 0 Å². The average Bonchev–Trinajstić information content (AvgIpc) is 2.27. The summed E-state index contributed by atoms with van der Waals surface area (Å²) in [6.07, 6.45) is 11.7. The van der Waals surface area contributed by atoms with Crippen LogP contribution in [0.25, 0.3) is 0 Å². The van der Waals surface area contributed by atoms with Gasteiger partial charge in [0.05, 0.1) is 6.42 Å². The van der Waals surface area contributed by atoms with Crippen LogP contribution in [0.4, 0.5) is 0 Å². The number of aliphatic carboxylic acids is 1. The number of unbranched alkanes of at least 4 members (excludes halogenated alkanes) is 4. The summed E-state index contributed by atoms with van der Waals surface area (Å²) >= 11 is 0. The number of carboxylic acids is 1. The zero-order valence-corrected chi connectivity index (χ0v) is 10.9. The highest BCUT2D eigenvalue weighted by Crippen LogP contribution is 2.14. The first kappa shape index (κ1) is 16.2. The van der Waals surface area contributed by atoms with Crippen LogP contribution in [-0.4, -0.2) is 22.8 Å². The Balaban J connectivity index is 3.65. The minimum absolute atomic E-state index is 0.190. The standard InChI is InChI=1S/C14H26O3/c1-2-9-13(12-14(16)17)10-7-5-3-4-6-8-11-15/h7,10,13,15H,2-6,8-9,11-12H2,1H3,(H,16,17). The summed E-state index contributed by atoms with van der Waals surface area (Å²) in [6.45, 7) is 2.37. The van der Waals surface area contributed by atoms with Gasteiger partial charge in [-0.05, 0) is 31.6 Å². The van der Waals surface area contributed by atoms with Crippen LogP contribution < -0.4 is 0 Å². The molecule has 17 heavy (non-hydrogen) atoms. The van der Waals surface area contributed by atoms with Crippen molar-refractivity contribution in [2.24, 2.45) is 5.92 Å². The Bertz CT molecular complexity index is 212. The van der Waals surface area contributed by atoms with E-state index in [0.717, 1.165) is 44.9 Å². The zero-order chi connectivity index (χ0) is 12.9. The molecule has 0 amide bonds. The topological polar surface area (TPSA) is 57.5 Å². The van der Waals surface area contributed by atoms with Gasteiger partial charge in [0, 0.05) is 6.61 Å². The molecule has 0 saturated carbocycles. The number of hydrogen-bond acceptors (Lipinski definition) is 2. The van der Waals surface area contributed by atoms with E-state index in [0.29, 0.717) is 0 Å². The lowest BCUT2D eigenvalue weighted by Gasteiger charge is -2.07. The van der Waals surface area contributed by atoms with Gasteiger partial charge >= 0.3 is 5.97 Å². The molecule has 3 nitrogen and oxygen atoms in total. The number of carbonyl (C=O) groups is 1. The van der Waals surface area contributed by atoms with Crippen LogP contribution in [0.5, 0.6) is 0 Å². The van der Waals surface area contributed by atoms with Gasteiger partial charge in [0.2, 0.25) is 0 Å². The van der Waals surface area contributed by atoms with Gasteiger partial charge in [-0.15, -0.1) is 0 Å². The Morgan fingerprint density at radius 3 is 2.53 bits per heavy atom. The lowest BCUT2D eigenvalue weighted by atomic mass is 9.98. The van der Waals surface area contributed by atoms with Crippen LogP contribution in [0.2, 0.25) is 0 Å². The Morgan fingerprint density at radius 2 is 1.94 bits per heavy atom. The molecule has 1 atom stereocenters. The Hall–Kier alpha value is -0.830. The van der Waals surface area contributed by atoms with Crippen LogP contribution in [-0.2, 0) is 4.79 Å². The smallest absolute Gasteiger partial charge is 0.303 e. The summed E-state index contributed by atoms with van der Waals surface area (Å²) in [7, 11) is 0. The van der Waals surface area contributed by atoms with Crippen LogP contribution in [0.3, 0.4) is 0 Å². The predicted octanol–water partition coefficient (Wildman–Crippen LogP) is 3.38. The molecule has 2 N–H and O–H groups in total. The number of carboxylic acid groups (broad SMARTS) is 1. The van der Waals surface area contributed by atoms with E-state index < -0.39 is 5.97 Å². The number of allylic oxidation sites excluding steroid dienone is 2. The van der Waals surface area contributed by atoms with Gasteiger partial charge in [-0.3, -0.25) is 4.79 Å². The molecule has 0 aliphatic heterocycles. The molecule has 0 rings (SSSR count). The van der Waals surface area contributed by atoms with Gasteiger partial charge in [-0.1, -0.05) is 38.3 Å². The third kappa shape index (κ3) is 11.4. The molecule has 0 spiro atoms. The van der Waals surface area contributed by atoms with E-state index in [2.05, 4.69) is 19.1 Å². The maximum Gasteiger partial charge on any atom is 0.303 e. The maximum atomic E-state index is 10.6. The highest BCUT2D eigenvalue weighted by molar-refractivity contribution is 5.67. The molecular formula is C14H26O3. The van der Waals surface area contributed by atoms with Crippen LogP contribution in [0.15, 0.2) is 12.2 Å². The lowest BCUT2D eigenvalue weighted by molar-refractivity contribution is -0.137. The first-order valence-electron chi connectivity index (χ1n) is 6.70. The van der Waals surface area contributed by atoms with Crippen LogP contribution in [0.1, 0.15) is 58.3 Å². The largest absolute Gasteiger partial charge is 0.481 e. The minimum Gasteiger partial charge on any atom is -0.481 e. The van der Waals surface area contributed by atoms with Crippen molar-refractivity contribution in [1.29, 1.82) is 0 Å². The van der Waals surface area contributed by atoms with Crippen molar-refractivity contribution in [3.05, 3.63) is 12.2 Å². The highest BCUT2D eigenvalue weighted by Gasteiger charge is 2.08. The maximum absolute atomic E-state index is 10.6. The second kappa shape index (κ2) is 11.6. The Kier molecular flexibility index (Phi) is 11.1. The highest BCUT2D eigenvalue weighted by atomic mass is 16.4. The van der Waals surface area contributed by atoms with Crippen molar-refractivity contribution in [1.82, 2.24) is 0 Å². The van der Waals surface area contributed by atoms with Crippen molar-refractivity contribution in [2.75, 3.05) is 6.61 Å². The summed E-state index contributed by atoms with van der Waals surface area (Å²) in [5.41, 5.74) is 0. The zero-order valence-electron chi connectivity index (χ0n) is 10.9. The summed E-state index contributed by atoms with van der Waals surface area (Å²) in [5, 5.41) is 17.4. The summed E-state index contributed by atoms with van der Waals surface area (Å²) in [4.78, 5) is 10.6. The van der Waals surface area contributed by atoms with E-state index in [4.69, 9.17) is 10.2 Å². The molecule has 0 aromatic heterocycles. The number of rotatable bonds is 11. The summed E-state index contributed by atoms with van der Waals surface area (Å²) in [5.74, 6) is -0.522. The van der Waals surface area contributed by atoms with E-state index in [9.17, 15) is 4.79 Å². The van der Waals surface area contributed by atoms with Gasteiger partial charge in [0.15, 0.2) is 0 Å². The Labute approximate surface area is 105 Å². The van der Waals surface area contributed by atoms with E-state index in [1.807, 2.05) is 0 Å². The normalized spacial score (nSPS) is 13.1. The molecule has 1 unspecified atom stereocenters. The van der Waals surface area contributed by atoms with E-state index in [1.54, 1.807) is 0 Å². The molecular weight excluding hydrogens is 216 g/mol. The van der Waals surface area contributed by atoms with Crippen LogP contribution >= 0.6 is 0 Å². The second-order valence-electron chi connectivity index (χ2n) is 4.50.